The van der Waals surface area contributed by atoms with Gasteiger partial charge in [-0.3, -0.25) is 4.79 Å². The van der Waals surface area contributed by atoms with Crippen LogP contribution in [-0.4, -0.2) is 20.7 Å². The summed E-state index contributed by atoms with van der Waals surface area (Å²) in [6.45, 7) is 3.39. The van der Waals surface area contributed by atoms with E-state index in [-0.39, 0.29) is 22.2 Å². The Hall–Kier alpha value is -2.06. The average molecular weight is 397 g/mol. The summed E-state index contributed by atoms with van der Waals surface area (Å²) in [5.41, 5.74) is 8.04. The number of hydrogen-bond acceptors (Lipinski definition) is 5. The van der Waals surface area contributed by atoms with Crippen molar-refractivity contribution in [1.82, 2.24) is 14.8 Å². The first-order valence-electron chi connectivity index (χ1n) is 8.07. The zero-order chi connectivity index (χ0) is 18.7. The number of thiophene rings is 1. The van der Waals surface area contributed by atoms with Crippen molar-refractivity contribution in [2.24, 2.45) is 0 Å². The number of hydrogen-bond donors (Lipinski definition) is 1. The number of carbonyl (C=O) groups excluding carboxylic acids is 1. The Morgan fingerprint density at radius 2 is 2.12 bits per heavy atom. The molecule has 0 aromatic carbocycles. The van der Waals surface area contributed by atoms with Gasteiger partial charge in [0.2, 0.25) is 0 Å². The minimum Gasteiger partial charge on any atom is -0.397 e. The number of fused-ring (bicyclic) bond motifs is 1. The average Bonchev–Trinajstić information content (AvgIpc) is 3.36. The zero-order valence-corrected chi connectivity index (χ0v) is 15.6. The quantitative estimate of drug-likeness (QED) is 0.686. The van der Waals surface area contributed by atoms with Crippen LogP contribution in [0, 0.1) is 13.8 Å². The van der Waals surface area contributed by atoms with Gasteiger partial charge in [-0.1, -0.05) is 11.6 Å². The van der Waals surface area contributed by atoms with Gasteiger partial charge >= 0.3 is 0 Å². The Kier molecular flexibility index (Phi) is 4.00. The van der Waals surface area contributed by atoms with Crippen LogP contribution < -0.4 is 5.73 Å². The van der Waals surface area contributed by atoms with Crippen LogP contribution in [0.1, 0.15) is 57.5 Å². The molecule has 1 aliphatic rings. The van der Waals surface area contributed by atoms with Gasteiger partial charge < -0.3 is 5.73 Å². The molecule has 4 rings (SSSR count). The SMILES string of the molecule is Cc1nn(C(=O)c2sc3nc(C(F)F)cc(C4CC4)c3c2N)c(C)c1Cl. The van der Waals surface area contributed by atoms with Gasteiger partial charge in [0.25, 0.3) is 12.3 Å². The van der Waals surface area contributed by atoms with Gasteiger partial charge in [0, 0.05) is 5.39 Å². The van der Waals surface area contributed by atoms with Gasteiger partial charge in [-0.15, -0.1) is 11.3 Å². The molecule has 1 saturated carbocycles. The molecule has 0 aliphatic heterocycles. The molecule has 0 radical (unpaired) electrons. The molecule has 0 unspecified atom stereocenters. The maximum Gasteiger partial charge on any atom is 0.290 e. The molecule has 1 aliphatic carbocycles. The van der Waals surface area contributed by atoms with E-state index >= 15 is 0 Å². The molecule has 26 heavy (non-hydrogen) atoms. The summed E-state index contributed by atoms with van der Waals surface area (Å²) < 4.78 is 27.6. The minimum atomic E-state index is -2.67. The molecule has 3 heterocycles. The van der Waals surface area contributed by atoms with Gasteiger partial charge in [0.15, 0.2) is 0 Å². The number of alkyl halides is 2. The molecule has 0 atom stereocenters. The van der Waals surface area contributed by atoms with Crippen molar-refractivity contribution < 1.29 is 13.6 Å². The number of aromatic nitrogens is 3. The van der Waals surface area contributed by atoms with Crippen LogP contribution >= 0.6 is 22.9 Å². The molecule has 1 fully saturated rings. The highest BCUT2D eigenvalue weighted by Crippen LogP contribution is 2.47. The van der Waals surface area contributed by atoms with E-state index in [4.69, 9.17) is 17.3 Å². The molecular weight excluding hydrogens is 382 g/mol. The summed E-state index contributed by atoms with van der Waals surface area (Å²) in [5, 5.41) is 5.18. The van der Waals surface area contributed by atoms with Crippen molar-refractivity contribution in [3.05, 3.63) is 38.6 Å². The summed E-state index contributed by atoms with van der Waals surface area (Å²) in [4.78, 5) is 17.6. The first-order valence-corrected chi connectivity index (χ1v) is 9.26. The lowest BCUT2D eigenvalue weighted by atomic mass is 10.1. The molecule has 3 aromatic heterocycles. The number of anilines is 1. The number of halogens is 3. The van der Waals surface area contributed by atoms with Gasteiger partial charge in [-0.2, -0.15) is 9.78 Å². The van der Waals surface area contributed by atoms with Gasteiger partial charge in [0.1, 0.15) is 15.4 Å². The van der Waals surface area contributed by atoms with Crippen LogP contribution in [-0.2, 0) is 0 Å². The summed E-state index contributed by atoms with van der Waals surface area (Å²) >= 11 is 7.14. The lowest BCUT2D eigenvalue weighted by Crippen LogP contribution is -2.15. The van der Waals surface area contributed by atoms with E-state index in [2.05, 4.69) is 10.1 Å². The normalized spacial score (nSPS) is 14.5. The number of rotatable bonds is 3. The Labute approximate surface area is 156 Å². The fourth-order valence-electron chi connectivity index (χ4n) is 3.07. The second-order valence-electron chi connectivity index (χ2n) is 6.44. The first kappa shape index (κ1) is 17.4. The number of aryl methyl sites for hydroxylation is 1. The van der Waals surface area contributed by atoms with Crippen LogP contribution in [0.15, 0.2) is 6.07 Å². The van der Waals surface area contributed by atoms with Gasteiger partial charge in [-0.25, -0.2) is 13.8 Å². The van der Waals surface area contributed by atoms with E-state index in [1.54, 1.807) is 13.8 Å². The number of nitrogens with two attached hydrogens (primary N) is 1. The smallest absolute Gasteiger partial charge is 0.290 e. The van der Waals surface area contributed by atoms with E-state index in [9.17, 15) is 13.6 Å². The van der Waals surface area contributed by atoms with E-state index in [0.717, 1.165) is 29.7 Å². The molecule has 0 saturated heterocycles. The predicted octanol–water partition coefficient (Wildman–Crippen LogP) is 4.85. The van der Waals surface area contributed by atoms with Crippen molar-refractivity contribution in [1.29, 1.82) is 0 Å². The van der Waals surface area contributed by atoms with Crippen LogP contribution in [0.2, 0.25) is 5.02 Å². The van der Waals surface area contributed by atoms with E-state index in [1.165, 1.54) is 10.7 Å². The summed E-state index contributed by atoms with van der Waals surface area (Å²) in [5.74, 6) is -0.237. The zero-order valence-electron chi connectivity index (χ0n) is 14.0. The number of nitrogens with zero attached hydrogens (tertiary/aromatic N) is 3. The number of carbonyl (C=O) groups is 1. The summed E-state index contributed by atoms with van der Waals surface area (Å²) in [7, 11) is 0. The Morgan fingerprint density at radius 1 is 1.42 bits per heavy atom. The van der Waals surface area contributed by atoms with E-state index in [1.807, 2.05) is 0 Å². The van der Waals surface area contributed by atoms with E-state index in [0.29, 0.717) is 26.6 Å². The molecular formula is C17H15ClF2N4OS. The van der Waals surface area contributed by atoms with Crippen molar-refractivity contribution in [2.75, 3.05) is 5.73 Å². The molecule has 0 bridgehead atoms. The highest BCUT2D eigenvalue weighted by atomic mass is 35.5. The van der Waals surface area contributed by atoms with Gasteiger partial charge in [0.05, 0.1) is 22.1 Å². The molecule has 5 nitrogen and oxygen atoms in total. The minimum absolute atomic E-state index is 0.195. The largest absolute Gasteiger partial charge is 0.397 e. The summed E-state index contributed by atoms with van der Waals surface area (Å²) in [6, 6.07) is 1.42. The first-order chi connectivity index (χ1) is 12.3. The van der Waals surface area contributed by atoms with Crippen LogP contribution in [0.5, 0.6) is 0 Å². The number of nitrogen functional groups attached to an aromatic ring is 1. The second kappa shape index (κ2) is 5.99. The third-order valence-electron chi connectivity index (χ3n) is 4.58. The van der Waals surface area contributed by atoms with Crippen molar-refractivity contribution in [3.63, 3.8) is 0 Å². The summed E-state index contributed by atoms with van der Waals surface area (Å²) in [6.07, 6.45) is -0.824. The monoisotopic (exact) mass is 396 g/mol. The topological polar surface area (TPSA) is 73.8 Å². The predicted molar refractivity (Wildman–Crippen MR) is 97.4 cm³/mol. The molecule has 2 N–H and O–H groups in total. The van der Waals surface area contributed by atoms with Gasteiger partial charge in [-0.05, 0) is 44.2 Å². The van der Waals surface area contributed by atoms with Crippen LogP contribution in [0.25, 0.3) is 10.2 Å². The Balaban J connectivity index is 1.91. The lowest BCUT2D eigenvalue weighted by Gasteiger charge is -2.06. The second-order valence-corrected chi connectivity index (χ2v) is 7.82. The Morgan fingerprint density at radius 3 is 2.65 bits per heavy atom. The van der Waals surface area contributed by atoms with E-state index < -0.39 is 12.3 Å². The maximum atomic E-state index is 13.2. The maximum absolute atomic E-state index is 13.2. The fourth-order valence-corrected chi connectivity index (χ4v) is 4.25. The third kappa shape index (κ3) is 2.59. The van der Waals surface area contributed by atoms with Crippen molar-refractivity contribution in [2.45, 2.75) is 39.0 Å². The van der Waals surface area contributed by atoms with Crippen molar-refractivity contribution in [3.8, 4) is 0 Å². The molecule has 3 aromatic rings. The highest BCUT2D eigenvalue weighted by molar-refractivity contribution is 7.21. The highest BCUT2D eigenvalue weighted by Gasteiger charge is 2.31. The Bertz CT molecular complexity index is 1060. The standard InChI is InChI=1S/C17H15ClF2N4OS/c1-6-12(18)7(2)24(23-6)17(25)14-13(21)11-9(8-3-4-8)5-10(15(19)20)22-16(11)26-14/h5,8,15H,3-4,21H2,1-2H3. The molecule has 9 heteroatoms. The number of pyridine rings is 1. The fraction of sp³-hybridized carbons (Fsp3) is 0.353. The van der Waals surface area contributed by atoms with Crippen LogP contribution in [0.3, 0.4) is 0 Å². The molecule has 0 spiro atoms. The molecule has 0 amide bonds. The van der Waals surface area contributed by atoms with Crippen molar-refractivity contribution >= 4 is 44.7 Å². The third-order valence-corrected chi connectivity index (χ3v) is 6.21. The van der Waals surface area contributed by atoms with Crippen LogP contribution in [0.4, 0.5) is 14.5 Å². The molecule has 136 valence electrons. The lowest BCUT2D eigenvalue weighted by molar-refractivity contribution is 0.0947.